The van der Waals surface area contributed by atoms with Crippen LogP contribution in [0.15, 0.2) is 109 Å². The Bertz CT molecular complexity index is 5230. The van der Waals surface area contributed by atoms with Gasteiger partial charge in [0.25, 0.3) is 11.8 Å². The number of fused-ring (bicyclic) bond motifs is 4. The van der Waals surface area contributed by atoms with Crippen molar-refractivity contribution in [1.82, 2.24) is 64.6 Å². The molecule has 0 radical (unpaired) electrons. The van der Waals surface area contributed by atoms with Crippen LogP contribution in [-0.4, -0.2) is 256 Å². The molecule has 3 aromatic carbocycles. The predicted octanol–water partition coefficient (Wildman–Crippen LogP) is 8.68. The molecule has 19 rings (SSSR count). The zero-order valence-electron chi connectivity index (χ0n) is 62.3. The molecule has 2 N–H and O–H groups in total. The van der Waals surface area contributed by atoms with Crippen molar-refractivity contribution < 1.29 is 38.0 Å². The van der Waals surface area contributed by atoms with Gasteiger partial charge in [0.05, 0.1) is 147 Å². The van der Waals surface area contributed by atoms with Crippen molar-refractivity contribution in [2.24, 2.45) is 0 Å². The number of hydrogen-bond acceptors (Lipinski definition) is 26. The van der Waals surface area contributed by atoms with Crippen LogP contribution < -0.4 is 35.1 Å². The van der Waals surface area contributed by atoms with Gasteiger partial charge < -0.3 is 73.4 Å². The smallest absolute Gasteiger partial charge is 0.253 e. The van der Waals surface area contributed by atoms with Crippen LogP contribution in [0.5, 0.6) is 0 Å². The summed E-state index contributed by atoms with van der Waals surface area (Å²) in [5.41, 5.74) is 12.9. The van der Waals surface area contributed by atoms with Crippen LogP contribution in [0.2, 0.25) is 0 Å². The Balaban J connectivity index is 0.551. The first-order valence-corrected chi connectivity index (χ1v) is 38.6. The van der Waals surface area contributed by atoms with Gasteiger partial charge in [0.2, 0.25) is 23.8 Å². The van der Waals surface area contributed by atoms with Gasteiger partial charge >= 0.3 is 0 Å². The van der Waals surface area contributed by atoms with E-state index in [0.29, 0.717) is 170 Å². The highest BCUT2D eigenvalue weighted by Gasteiger charge is 2.61. The lowest BCUT2D eigenvalue weighted by Crippen LogP contribution is -2.56. The average molecular weight is 1470 g/mol. The van der Waals surface area contributed by atoms with E-state index in [2.05, 4.69) is 78.3 Å². The number of carbonyl (C=O) groups is 2. The van der Waals surface area contributed by atoms with Crippen molar-refractivity contribution in [1.29, 1.82) is 0 Å². The van der Waals surface area contributed by atoms with E-state index in [-0.39, 0.29) is 53.6 Å². The molecule has 9 aliphatic rings. The van der Waals surface area contributed by atoms with Crippen LogP contribution in [0.1, 0.15) is 86.4 Å². The fourth-order valence-electron chi connectivity index (χ4n) is 17.8. The molecule has 7 aromatic heterocycles. The van der Waals surface area contributed by atoms with E-state index in [1.54, 1.807) is 6.20 Å². The quantitative estimate of drug-likeness (QED) is 0.113. The SMILES string of the molecule is C[C@H]1COCCN1c1nc(N2CCOC3(CCC3)C2)nc2nc(-c3cccc(C(=O)N(C)C4CCC5(C4)CN(c4nc(N6CCOC[C@@H]6C)c6ccc(-c7cccc(C(=O)N(C)C8CC89CN(c8nc(N%10CCOC[C@@H]%10C)c%10ccc(-c%11ccc%12cnc(N)nc%12c%11)nc%10n8)CCO9)c7)nc6n4)CCO5)c3)ccc12. The number of benzene rings is 3. The second-order valence-electron chi connectivity index (χ2n) is 31.3. The Kier molecular flexibility index (Phi) is 17.6. The van der Waals surface area contributed by atoms with Crippen molar-refractivity contribution in [3.63, 3.8) is 0 Å². The number of nitrogens with two attached hydrogens (primary N) is 1. The number of aromatic nitrogens is 11. The van der Waals surface area contributed by atoms with Gasteiger partial charge in [-0.1, -0.05) is 36.4 Å². The Morgan fingerprint density at radius 2 is 0.954 bits per heavy atom. The summed E-state index contributed by atoms with van der Waals surface area (Å²) in [5.74, 6) is 4.28. The summed E-state index contributed by atoms with van der Waals surface area (Å²) in [7, 11) is 3.78. The number of amides is 2. The largest absolute Gasteiger partial charge is 0.377 e. The van der Waals surface area contributed by atoms with Crippen LogP contribution in [-0.2, 0) is 28.4 Å². The van der Waals surface area contributed by atoms with Crippen molar-refractivity contribution in [3.8, 4) is 33.8 Å². The molecule has 6 aliphatic heterocycles. The maximum Gasteiger partial charge on any atom is 0.253 e. The van der Waals surface area contributed by atoms with Gasteiger partial charge in [0.1, 0.15) is 23.1 Å². The topological polar surface area (TPSA) is 283 Å². The van der Waals surface area contributed by atoms with E-state index in [0.717, 1.165) is 111 Å². The van der Waals surface area contributed by atoms with Gasteiger partial charge in [-0.2, -0.15) is 29.9 Å². The van der Waals surface area contributed by atoms with E-state index in [4.69, 9.17) is 79.0 Å². The summed E-state index contributed by atoms with van der Waals surface area (Å²) < 4.78 is 37.5. The van der Waals surface area contributed by atoms with Gasteiger partial charge in [-0.05, 0) is 126 Å². The number of ether oxygens (including phenoxy) is 6. The minimum absolute atomic E-state index is 0.0483. The molecule has 6 saturated heterocycles. The molecule has 28 nitrogen and oxygen atoms in total. The third kappa shape index (κ3) is 12.9. The first-order valence-electron chi connectivity index (χ1n) is 38.6. The lowest BCUT2D eigenvalue weighted by Gasteiger charge is -2.48. The Morgan fingerprint density at radius 3 is 1.46 bits per heavy atom. The minimum atomic E-state index is -0.635. The van der Waals surface area contributed by atoms with Crippen molar-refractivity contribution in [3.05, 3.63) is 120 Å². The summed E-state index contributed by atoms with van der Waals surface area (Å²) >= 11 is 0. The van der Waals surface area contributed by atoms with Gasteiger partial charge in [0, 0.05) is 112 Å². The zero-order valence-corrected chi connectivity index (χ0v) is 62.3. The van der Waals surface area contributed by atoms with E-state index in [1.807, 2.05) is 109 Å². The molecule has 7 atom stereocenters. The molecule has 3 saturated carbocycles. The first-order chi connectivity index (χ1) is 53.1. The van der Waals surface area contributed by atoms with E-state index in [9.17, 15) is 9.59 Å². The third-order valence-electron chi connectivity index (χ3n) is 24.2. The number of hydrogen-bond donors (Lipinski definition) is 1. The minimum Gasteiger partial charge on any atom is -0.377 e. The van der Waals surface area contributed by atoms with Gasteiger partial charge in [-0.3, -0.25) is 9.59 Å². The normalized spacial score (nSPS) is 24.9. The van der Waals surface area contributed by atoms with Gasteiger partial charge in [0.15, 0.2) is 16.9 Å². The van der Waals surface area contributed by atoms with Crippen molar-refractivity contribution >= 4 is 97.1 Å². The third-order valence-corrected chi connectivity index (χ3v) is 24.2. The molecule has 13 heterocycles. The summed E-state index contributed by atoms with van der Waals surface area (Å²) in [5, 5.41) is 3.43. The second-order valence-corrected chi connectivity index (χ2v) is 31.3. The molecule has 4 unspecified atom stereocenters. The molecule has 2 amide bonds. The molecule has 109 heavy (non-hydrogen) atoms. The van der Waals surface area contributed by atoms with Crippen molar-refractivity contribution in [2.45, 2.75) is 113 Å². The lowest BCUT2D eigenvalue weighted by molar-refractivity contribution is -0.107. The number of pyridine rings is 3. The molecule has 0 bridgehead atoms. The fourth-order valence-corrected chi connectivity index (χ4v) is 17.8. The molecular weight excluding hydrogens is 1380 g/mol. The number of carbonyl (C=O) groups excluding carboxylic acids is 2. The van der Waals surface area contributed by atoms with Gasteiger partial charge in [-0.15, -0.1) is 0 Å². The molecule has 3 aliphatic carbocycles. The molecular formula is C81H90N20O8. The summed E-state index contributed by atoms with van der Waals surface area (Å²) in [6, 6.07) is 33.6. The summed E-state index contributed by atoms with van der Waals surface area (Å²) in [4.78, 5) is 103. The Labute approximate surface area is 631 Å². The highest BCUT2D eigenvalue weighted by atomic mass is 16.5. The van der Waals surface area contributed by atoms with Crippen molar-refractivity contribution in [2.75, 3.05) is 168 Å². The number of morpholine rings is 6. The number of rotatable bonds is 13. The highest BCUT2D eigenvalue weighted by Crippen LogP contribution is 2.48. The van der Waals surface area contributed by atoms with Crippen LogP contribution >= 0.6 is 0 Å². The van der Waals surface area contributed by atoms with Crippen LogP contribution in [0.25, 0.3) is 77.8 Å². The standard InChI is InChI=1S/C81H90N20O8/c1-49-43-104-31-28-99(49)70-59-15-18-62(84-67(59)88-76(91-70)96-25-34-107-79(46-96)22-8-23-79)52-9-6-11-55(37-52)73(102)94(4)58-21-24-80(40-58)47-97(26-35-108-80)77-89-68-60(71(92-77)100-29-32-105-44-50(100)2)16-19-63(85-68)53-10-7-12-56(38-53)74(103)95(5)66-41-81(66)48-98(27-36-109-81)78-90-69-61(72(93-78)101-30-33-106-45-51(101)3)17-20-64(86-69)54-13-14-57-42-83-75(82)87-65(57)39-54/h6-7,9-20,37-39,42,49-51,58,66H,8,21-36,40-41,43-48H2,1-5H3,(H2,82,83,87)/t49-,50-,51-,58?,66?,80?,81?/m0/s1. The van der Waals surface area contributed by atoms with Crippen LogP contribution in [0.4, 0.5) is 41.2 Å². The van der Waals surface area contributed by atoms with E-state index < -0.39 is 11.2 Å². The van der Waals surface area contributed by atoms with E-state index in [1.165, 1.54) is 6.42 Å². The van der Waals surface area contributed by atoms with Gasteiger partial charge in [-0.25, -0.2) is 24.9 Å². The zero-order chi connectivity index (χ0) is 73.9. The lowest BCUT2D eigenvalue weighted by atomic mass is 9.79. The maximum atomic E-state index is 14.9. The second kappa shape index (κ2) is 27.7. The molecule has 9 fully saturated rings. The number of anilines is 7. The number of nitrogen functional groups attached to an aromatic ring is 1. The molecule has 562 valence electrons. The Morgan fingerprint density at radius 1 is 0.477 bits per heavy atom. The van der Waals surface area contributed by atoms with Crippen LogP contribution in [0.3, 0.4) is 0 Å². The van der Waals surface area contributed by atoms with E-state index >= 15 is 0 Å². The number of likely N-dealkylation sites (N-methyl/N-ethyl adjacent to an activating group) is 1. The summed E-state index contributed by atoms with van der Waals surface area (Å²) in [6.45, 7) is 17.2. The predicted molar refractivity (Wildman–Crippen MR) is 415 cm³/mol. The molecule has 3 spiro atoms. The molecule has 28 heteroatoms. The molecule has 10 aromatic rings. The fraction of sp³-hybridized carbons (Fsp3) is 0.469. The Hall–Kier alpha value is -10.2. The highest BCUT2D eigenvalue weighted by molar-refractivity contribution is 5.98. The maximum absolute atomic E-state index is 14.9. The van der Waals surface area contributed by atoms with Crippen LogP contribution in [0, 0.1) is 0 Å². The first kappa shape index (κ1) is 69.2. The number of nitrogens with zero attached hydrogens (tertiary/aromatic N) is 19. The summed E-state index contributed by atoms with van der Waals surface area (Å²) in [6.07, 6.45) is 7.81. The monoisotopic (exact) mass is 1470 g/mol. The average Bonchev–Trinajstić information content (AvgIpc) is 1.58.